The Morgan fingerprint density at radius 2 is 1.85 bits per heavy atom. The molecule has 1 aromatic carbocycles. The maximum absolute atomic E-state index is 8.79. The molecule has 5 heteroatoms. The van der Waals surface area contributed by atoms with E-state index in [1.165, 1.54) is 0 Å². The molecule has 1 aromatic heterocycles. The largest absolute Gasteiger partial charge is 0.366 e. The SMILES string of the molecule is N#CCCN(Cc1ccc(Cl)nc1Cl)c1ccccc1. The Kier molecular flexibility index (Phi) is 5.23. The maximum Gasteiger partial charge on any atom is 0.135 e. The van der Waals surface area contributed by atoms with Crippen LogP contribution in [0.3, 0.4) is 0 Å². The molecule has 0 bridgehead atoms. The van der Waals surface area contributed by atoms with E-state index < -0.39 is 0 Å². The van der Waals surface area contributed by atoms with E-state index >= 15 is 0 Å². The Hall–Kier alpha value is -1.76. The van der Waals surface area contributed by atoms with Gasteiger partial charge in [0, 0.05) is 24.3 Å². The summed E-state index contributed by atoms with van der Waals surface area (Å²) >= 11 is 11.9. The Morgan fingerprint density at radius 1 is 1.10 bits per heavy atom. The van der Waals surface area contributed by atoms with Gasteiger partial charge in [0.25, 0.3) is 0 Å². The quantitative estimate of drug-likeness (QED) is 0.773. The molecular weight excluding hydrogens is 293 g/mol. The molecule has 2 rings (SSSR count). The van der Waals surface area contributed by atoms with Crippen LogP contribution in [0.5, 0.6) is 0 Å². The molecule has 0 spiro atoms. The van der Waals surface area contributed by atoms with Crippen molar-refractivity contribution >= 4 is 28.9 Å². The molecule has 0 aliphatic rings. The van der Waals surface area contributed by atoms with Gasteiger partial charge in [-0.1, -0.05) is 47.5 Å². The fourth-order valence-electron chi connectivity index (χ4n) is 1.89. The summed E-state index contributed by atoms with van der Waals surface area (Å²) in [6, 6.07) is 15.7. The molecule has 2 aromatic rings. The second-order valence-corrected chi connectivity index (χ2v) is 4.99. The van der Waals surface area contributed by atoms with Crippen LogP contribution in [-0.4, -0.2) is 11.5 Å². The molecule has 0 aliphatic heterocycles. The van der Waals surface area contributed by atoms with Crippen molar-refractivity contribution in [2.24, 2.45) is 0 Å². The van der Waals surface area contributed by atoms with E-state index in [0.29, 0.717) is 29.8 Å². The molecular formula is C15H13Cl2N3. The molecule has 102 valence electrons. The molecule has 0 aliphatic carbocycles. The van der Waals surface area contributed by atoms with E-state index in [4.69, 9.17) is 28.5 Å². The van der Waals surface area contributed by atoms with Gasteiger partial charge in [-0.05, 0) is 18.2 Å². The monoisotopic (exact) mass is 305 g/mol. The number of nitriles is 1. The number of aromatic nitrogens is 1. The van der Waals surface area contributed by atoms with Gasteiger partial charge in [0.05, 0.1) is 12.5 Å². The summed E-state index contributed by atoms with van der Waals surface area (Å²) in [4.78, 5) is 6.14. The van der Waals surface area contributed by atoms with Crippen molar-refractivity contribution in [3.8, 4) is 6.07 Å². The number of benzene rings is 1. The van der Waals surface area contributed by atoms with Gasteiger partial charge in [-0.3, -0.25) is 0 Å². The van der Waals surface area contributed by atoms with Crippen LogP contribution in [0.2, 0.25) is 10.3 Å². The summed E-state index contributed by atoms with van der Waals surface area (Å²) in [5.41, 5.74) is 1.94. The third kappa shape index (κ3) is 3.86. The van der Waals surface area contributed by atoms with E-state index in [2.05, 4.69) is 16.0 Å². The first kappa shape index (κ1) is 14.6. The smallest absolute Gasteiger partial charge is 0.135 e. The summed E-state index contributed by atoms with van der Waals surface area (Å²) < 4.78 is 0. The molecule has 0 radical (unpaired) electrons. The average molecular weight is 306 g/mol. The minimum absolute atomic E-state index is 0.377. The molecule has 0 atom stereocenters. The molecule has 0 amide bonds. The standard InChI is InChI=1S/C15H13Cl2N3/c16-14-8-7-12(15(17)19-14)11-20(10-4-9-18)13-5-2-1-3-6-13/h1-3,5-8H,4,10-11H2. The number of anilines is 1. The van der Waals surface area contributed by atoms with Crippen molar-refractivity contribution in [3.63, 3.8) is 0 Å². The van der Waals surface area contributed by atoms with E-state index in [0.717, 1.165) is 11.3 Å². The molecule has 20 heavy (non-hydrogen) atoms. The van der Waals surface area contributed by atoms with Crippen LogP contribution in [0.15, 0.2) is 42.5 Å². The van der Waals surface area contributed by atoms with Gasteiger partial charge in [-0.15, -0.1) is 0 Å². The van der Waals surface area contributed by atoms with Crippen LogP contribution < -0.4 is 4.90 Å². The summed E-state index contributed by atoms with van der Waals surface area (Å²) in [5.74, 6) is 0. The lowest BCUT2D eigenvalue weighted by molar-refractivity contribution is 0.795. The normalized spacial score (nSPS) is 10.1. The Bertz CT molecular complexity index is 608. The lowest BCUT2D eigenvalue weighted by atomic mass is 10.2. The number of para-hydroxylation sites is 1. The third-order valence-electron chi connectivity index (χ3n) is 2.87. The van der Waals surface area contributed by atoms with E-state index in [-0.39, 0.29) is 0 Å². The van der Waals surface area contributed by atoms with E-state index in [1.54, 1.807) is 6.07 Å². The van der Waals surface area contributed by atoms with Crippen LogP contribution >= 0.6 is 23.2 Å². The lowest BCUT2D eigenvalue weighted by Crippen LogP contribution is -2.23. The lowest BCUT2D eigenvalue weighted by Gasteiger charge is -2.24. The van der Waals surface area contributed by atoms with Crippen molar-refractivity contribution in [1.82, 2.24) is 4.98 Å². The first-order valence-electron chi connectivity index (χ1n) is 6.18. The molecule has 0 saturated carbocycles. The van der Waals surface area contributed by atoms with Crippen molar-refractivity contribution in [2.75, 3.05) is 11.4 Å². The van der Waals surface area contributed by atoms with E-state index in [9.17, 15) is 0 Å². The Labute approximate surface area is 128 Å². The second-order valence-electron chi connectivity index (χ2n) is 4.25. The van der Waals surface area contributed by atoms with Crippen LogP contribution in [0.4, 0.5) is 5.69 Å². The second kappa shape index (κ2) is 7.14. The highest BCUT2D eigenvalue weighted by atomic mass is 35.5. The van der Waals surface area contributed by atoms with Gasteiger partial charge in [-0.25, -0.2) is 4.98 Å². The zero-order valence-electron chi connectivity index (χ0n) is 10.8. The van der Waals surface area contributed by atoms with E-state index in [1.807, 2.05) is 36.4 Å². The number of halogens is 2. The van der Waals surface area contributed by atoms with Crippen molar-refractivity contribution in [3.05, 3.63) is 58.3 Å². The zero-order valence-corrected chi connectivity index (χ0v) is 12.3. The van der Waals surface area contributed by atoms with Crippen LogP contribution in [0, 0.1) is 11.3 Å². The minimum Gasteiger partial charge on any atom is -0.366 e. The van der Waals surface area contributed by atoms with Gasteiger partial charge >= 0.3 is 0 Å². The Morgan fingerprint density at radius 3 is 2.50 bits per heavy atom. The minimum atomic E-state index is 0.377. The highest BCUT2D eigenvalue weighted by Crippen LogP contribution is 2.22. The summed E-state index contributed by atoms with van der Waals surface area (Å²) in [5, 5.41) is 9.56. The van der Waals surface area contributed by atoms with Gasteiger partial charge in [0.1, 0.15) is 10.3 Å². The van der Waals surface area contributed by atoms with Crippen molar-refractivity contribution in [2.45, 2.75) is 13.0 Å². The highest BCUT2D eigenvalue weighted by Gasteiger charge is 2.10. The van der Waals surface area contributed by atoms with Gasteiger partial charge in [0.15, 0.2) is 0 Å². The maximum atomic E-state index is 8.79. The molecule has 0 unspecified atom stereocenters. The fourth-order valence-corrected chi connectivity index (χ4v) is 2.29. The highest BCUT2D eigenvalue weighted by molar-refractivity contribution is 6.32. The molecule has 1 heterocycles. The molecule has 0 fully saturated rings. The van der Waals surface area contributed by atoms with Crippen molar-refractivity contribution in [1.29, 1.82) is 5.26 Å². The summed E-state index contributed by atoms with van der Waals surface area (Å²) in [7, 11) is 0. The molecule has 0 saturated heterocycles. The summed E-state index contributed by atoms with van der Waals surface area (Å²) in [6.45, 7) is 1.23. The number of hydrogen-bond donors (Lipinski definition) is 0. The summed E-state index contributed by atoms with van der Waals surface area (Å²) in [6.07, 6.45) is 0.452. The van der Waals surface area contributed by atoms with Gasteiger partial charge in [0.2, 0.25) is 0 Å². The van der Waals surface area contributed by atoms with Crippen LogP contribution in [0.25, 0.3) is 0 Å². The number of hydrogen-bond acceptors (Lipinski definition) is 3. The first-order valence-corrected chi connectivity index (χ1v) is 6.94. The fraction of sp³-hybridized carbons (Fsp3) is 0.200. The number of pyridine rings is 1. The number of nitrogens with zero attached hydrogens (tertiary/aromatic N) is 3. The predicted molar refractivity (Wildman–Crippen MR) is 82.0 cm³/mol. The predicted octanol–water partition coefficient (Wildman–Crippen LogP) is 4.31. The molecule has 3 nitrogen and oxygen atoms in total. The van der Waals surface area contributed by atoms with Crippen LogP contribution in [0.1, 0.15) is 12.0 Å². The van der Waals surface area contributed by atoms with Crippen molar-refractivity contribution < 1.29 is 0 Å². The van der Waals surface area contributed by atoms with Gasteiger partial charge in [-0.2, -0.15) is 5.26 Å². The zero-order chi connectivity index (χ0) is 14.4. The topological polar surface area (TPSA) is 39.9 Å². The number of rotatable bonds is 5. The average Bonchev–Trinajstić information content (AvgIpc) is 2.46. The molecule has 0 N–H and O–H groups in total. The first-order chi connectivity index (χ1) is 9.70. The van der Waals surface area contributed by atoms with Crippen LogP contribution in [-0.2, 0) is 6.54 Å². The Balaban J connectivity index is 2.22. The third-order valence-corrected chi connectivity index (χ3v) is 3.41. The van der Waals surface area contributed by atoms with Gasteiger partial charge < -0.3 is 4.90 Å².